The molecule has 2 heterocycles. The molecule has 86 valence electrons. The van der Waals surface area contributed by atoms with Crippen LogP contribution in [0.5, 0.6) is 0 Å². The van der Waals surface area contributed by atoms with Crippen molar-refractivity contribution in [3.8, 4) is 0 Å². The number of ether oxygens (including phenoxy) is 1. The van der Waals surface area contributed by atoms with Gasteiger partial charge < -0.3 is 10.1 Å². The highest BCUT2D eigenvalue weighted by Crippen LogP contribution is 2.26. The Balaban J connectivity index is 2.19. The molecule has 0 bridgehead atoms. The van der Waals surface area contributed by atoms with Crippen molar-refractivity contribution in [2.45, 2.75) is 25.8 Å². The lowest BCUT2D eigenvalue weighted by atomic mass is 9.99. The molecule has 0 saturated carbocycles. The zero-order chi connectivity index (χ0) is 11.2. The zero-order valence-corrected chi connectivity index (χ0v) is 9.65. The van der Waals surface area contributed by atoms with Gasteiger partial charge in [-0.1, -0.05) is 13.0 Å². The lowest BCUT2D eigenvalue weighted by Gasteiger charge is -2.23. The first-order valence-electron chi connectivity index (χ1n) is 5.86. The van der Waals surface area contributed by atoms with E-state index in [1.54, 1.807) is 0 Å². The van der Waals surface area contributed by atoms with E-state index in [0.717, 1.165) is 31.7 Å². The van der Waals surface area contributed by atoms with E-state index in [0.29, 0.717) is 0 Å². The number of hydrogen-bond donors (Lipinski definition) is 1. The molecule has 1 N–H and O–H groups in total. The van der Waals surface area contributed by atoms with Gasteiger partial charge in [-0.15, -0.1) is 0 Å². The molecule has 0 aliphatic carbocycles. The first-order valence-corrected chi connectivity index (χ1v) is 5.86. The third-order valence-corrected chi connectivity index (χ3v) is 2.72. The minimum Gasteiger partial charge on any atom is -0.501 e. The van der Waals surface area contributed by atoms with E-state index in [4.69, 9.17) is 4.74 Å². The number of rotatable bonds is 4. The van der Waals surface area contributed by atoms with Crippen LogP contribution < -0.4 is 5.32 Å². The van der Waals surface area contributed by atoms with Crippen LogP contribution in [0, 0.1) is 0 Å². The first-order chi connectivity index (χ1) is 7.92. The van der Waals surface area contributed by atoms with Gasteiger partial charge in [-0.3, -0.25) is 4.98 Å². The van der Waals surface area contributed by atoms with Crippen LogP contribution in [0.1, 0.15) is 31.5 Å². The summed E-state index contributed by atoms with van der Waals surface area (Å²) < 4.78 is 5.40. The van der Waals surface area contributed by atoms with Crippen LogP contribution in [0.15, 0.2) is 36.2 Å². The molecule has 3 heteroatoms. The molecular formula is C13H18N2O. The standard InChI is InChI=1S/C13H18N2O/c1-2-14-13(11-6-5-9-16-10-11)12-7-3-4-8-15-12/h3-4,7-8,10,13-14H,2,5-6,9H2,1H3. The molecule has 1 atom stereocenters. The largest absolute Gasteiger partial charge is 0.501 e. The van der Waals surface area contributed by atoms with Crippen LogP contribution >= 0.6 is 0 Å². The Hall–Kier alpha value is -1.35. The van der Waals surface area contributed by atoms with Crippen LogP contribution in [-0.4, -0.2) is 18.1 Å². The lowest BCUT2D eigenvalue weighted by molar-refractivity contribution is 0.219. The molecule has 3 nitrogen and oxygen atoms in total. The fourth-order valence-corrected chi connectivity index (χ4v) is 1.97. The second kappa shape index (κ2) is 5.66. The highest BCUT2D eigenvalue weighted by molar-refractivity contribution is 5.22. The summed E-state index contributed by atoms with van der Waals surface area (Å²) in [6.07, 6.45) is 5.92. The van der Waals surface area contributed by atoms with Crippen molar-refractivity contribution < 1.29 is 4.74 Å². The van der Waals surface area contributed by atoms with Gasteiger partial charge in [0.1, 0.15) is 0 Å². The first kappa shape index (κ1) is 11.1. The van der Waals surface area contributed by atoms with Crippen LogP contribution in [0.4, 0.5) is 0 Å². The van der Waals surface area contributed by atoms with Gasteiger partial charge in [0.2, 0.25) is 0 Å². The lowest BCUT2D eigenvalue weighted by Crippen LogP contribution is -2.25. The molecule has 1 unspecified atom stereocenters. The third-order valence-electron chi connectivity index (χ3n) is 2.72. The van der Waals surface area contributed by atoms with Crippen molar-refractivity contribution >= 4 is 0 Å². The fourth-order valence-electron chi connectivity index (χ4n) is 1.97. The average Bonchev–Trinajstić information content (AvgIpc) is 2.38. The molecule has 1 aromatic heterocycles. The maximum Gasteiger partial charge on any atom is 0.0876 e. The Labute approximate surface area is 96.5 Å². The van der Waals surface area contributed by atoms with Crippen molar-refractivity contribution in [3.05, 3.63) is 41.9 Å². The van der Waals surface area contributed by atoms with Gasteiger partial charge in [0.05, 0.1) is 24.6 Å². The Morgan fingerprint density at radius 1 is 1.50 bits per heavy atom. The minimum atomic E-state index is 0.200. The Morgan fingerprint density at radius 2 is 2.44 bits per heavy atom. The number of pyridine rings is 1. The summed E-state index contributed by atoms with van der Waals surface area (Å²) in [5.74, 6) is 0. The maximum absolute atomic E-state index is 5.40. The molecular weight excluding hydrogens is 200 g/mol. The number of aromatic nitrogens is 1. The topological polar surface area (TPSA) is 34.1 Å². The number of nitrogens with one attached hydrogen (secondary N) is 1. The van der Waals surface area contributed by atoms with Crippen LogP contribution in [0.25, 0.3) is 0 Å². The molecule has 0 radical (unpaired) electrons. The molecule has 0 amide bonds. The molecule has 0 spiro atoms. The summed E-state index contributed by atoms with van der Waals surface area (Å²) in [7, 11) is 0. The predicted octanol–water partition coefficient (Wildman–Crippen LogP) is 2.43. The summed E-state index contributed by atoms with van der Waals surface area (Å²) in [6, 6.07) is 6.23. The number of likely N-dealkylation sites (N-methyl/N-ethyl adjacent to an activating group) is 1. The molecule has 1 aliphatic heterocycles. The van der Waals surface area contributed by atoms with Gasteiger partial charge in [0, 0.05) is 6.20 Å². The van der Waals surface area contributed by atoms with E-state index in [9.17, 15) is 0 Å². The fraction of sp³-hybridized carbons (Fsp3) is 0.462. The molecule has 16 heavy (non-hydrogen) atoms. The van der Waals surface area contributed by atoms with Crippen molar-refractivity contribution in [1.29, 1.82) is 0 Å². The van der Waals surface area contributed by atoms with Crippen LogP contribution in [-0.2, 0) is 4.74 Å². The van der Waals surface area contributed by atoms with Crippen molar-refractivity contribution in [3.63, 3.8) is 0 Å². The second-order valence-corrected chi connectivity index (χ2v) is 3.91. The van der Waals surface area contributed by atoms with E-state index in [-0.39, 0.29) is 6.04 Å². The summed E-state index contributed by atoms with van der Waals surface area (Å²) in [6.45, 7) is 3.88. The van der Waals surface area contributed by atoms with Gasteiger partial charge in [0.15, 0.2) is 0 Å². The quantitative estimate of drug-likeness (QED) is 0.842. The van der Waals surface area contributed by atoms with E-state index >= 15 is 0 Å². The van der Waals surface area contributed by atoms with Gasteiger partial charge in [-0.25, -0.2) is 0 Å². The smallest absolute Gasteiger partial charge is 0.0876 e. The zero-order valence-electron chi connectivity index (χ0n) is 9.65. The van der Waals surface area contributed by atoms with Gasteiger partial charge >= 0.3 is 0 Å². The van der Waals surface area contributed by atoms with Crippen molar-refractivity contribution in [2.24, 2.45) is 0 Å². The molecule has 0 fully saturated rings. The highest BCUT2D eigenvalue weighted by Gasteiger charge is 2.18. The Kier molecular flexibility index (Phi) is 3.94. The molecule has 2 rings (SSSR count). The predicted molar refractivity (Wildman–Crippen MR) is 63.9 cm³/mol. The summed E-state index contributed by atoms with van der Waals surface area (Å²) >= 11 is 0. The van der Waals surface area contributed by atoms with Crippen LogP contribution in [0.2, 0.25) is 0 Å². The van der Waals surface area contributed by atoms with Crippen molar-refractivity contribution in [2.75, 3.05) is 13.2 Å². The third kappa shape index (κ3) is 2.61. The Morgan fingerprint density at radius 3 is 3.06 bits per heavy atom. The second-order valence-electron chi connectivity index (χ2n) is 3.91. The van der Waals surface area contributed by atoms with Gasteiger partial charge in [-0.05, 0) is 37.1 Å². The normalized spacial score (nSPS) is 17.4. The molecule has 0 saturated heterocycles. The van der Waals surface area contributed by atoms with E-state index < -0.39 is 0 Å². The van der Waals surface area contributed by atoms with Crippen molar-refractivity contribution in [1.82, 2.24) is 10.3 Å². The summed E-state index contributed by atoms with van der Waals surface area (Å²) in [5, 5.41) is 3.46. The number of hydrogen-bond acceptors (Lipinski definition) is 3. The Bertz CT molecular complexity index is 348. The molecule has 0 aromatic carbocycles. The SMILES string of the molecule is CCNC(C1=COCCC1)c1ccccn1. The van der Waals surface area contributed by atoms with E-state index in [2.05, 4.69) is 23.3 Å². The van der Waals surface area contributed by atoms with Crippen LogP contribution in [0.3, 0.4) is 0 Å². The summed E-state index contributed by atoms with van der Waals surface area (Å²) in [5.41, 5.74) is 2.37. The van der Waals surface area contributed by atoms with Gasteiger partial charge in [0.25, 0.3) is 0 Å². The maximum atomic E-state index is 5.40. The molecule has 1 aromatic rings. The highest BCUT2D eigenvalue weighted by atomic mass is 16.5. The van der Waals surface area contributed by atoms with E-state index in [1.807, 2.05) is 24.6 Å². The van der Waals surface area contributed by atoms with E-state index in [1.165, 1.54) is 5.57 Å². The summed E-state index contributed by atoms with van der Waals surface area (Å²) in [4.78, 5) is 4.41. The monoisotopic (exact) mass is 218 g/mol. The minimum absolute atomic E-state index is 0.200. The molecule has 1 aliphatic rings. The van der Waals surface area contributed by atoms with Gasteiger partial charge in [-0.2, -0.15) is 0 Å². The number of nitrogens with zero attached hydrogens (tertiary/aromatic N) is 1. The average molecular weight is 218 g/mol.